The summed E-state index contributed by atoms with van der Waals surface area (Å²) < 4.78 is 44.8. The molecule has 0 aliphatic carbocycles. The molecule has 2 aromatic heterocycles. The molecule has 2 N–H and O–H groups in total. The number of nitrogens with zero attached hydrogens (tertiary/aromatic N) is 6. The quantitative estimate of drug-likeness (QED) is 0.0783. The van der Waals surface area contributed by atoms with Gasteiger partial charge in [0.15, 0.2) is 5.65 Å². The molecule has 0 radical (unpaired) electrons. The van der Waals surface area contributed by atoms with Crippen LogP contribution in [0.25, 0.3) is 5.65 Å². The van der Waals surface area contributed by atoms with E-state index in [0.717, 1.165) is 22.1 Å². The fourth-order valence-electron chi connectivity index (χ4n) is 7.86. The Labute approximate surface area is 359 Å². The number of carbonyl (C=O) groups is 5. The molecule has 8 rings (SSSR count). The highest BCUT2D eigenvalue weighted by Crippen LogP contribution is 2.36. The van der Waals surface area contributed by atoms with Crippen molar-refractivity contribution in [1.82, 2.24) is 34.6 Å². The van der Waals surface area contributed by atoms with Gasteiger partial charge in [-0.05, 0) is 96.7 Å². The lowest BCUT2D eigenvalue weighted by Gasteiger charge is -2.35. The van der Waals surface area contributed by atoms with E-state index in [9.17, 15) is 37.1 Å². The predicted molar refractivity (Wildman–Crippen MR) is 224 cm³/mol. The lowest BCUT2D eigenvalue weighted by atomic mass is 10.0. The Balaban J connectivity index is 0.822. The lowest BCUT2D eigenvalue weighted by molar-refractivity contribution is -0.139. The summed E-state index contributed by atoms with van der Waals surface area (Å²) in [5.41, 5.74) is 3.41. The van der Waals surface area contributed by atoms with E-state index < -0.39 is 29.6 Å². The number of piperidine rings is 1. The summed E-state index contributed by atoms with van der Waals surface area (Å²) in [4.78, 5) is 74.0. The molecule has 3 aliphatic rings. The minimum Gasteiger partial charge on any atom is -0.340 e. The van der Waals surface area contributed by atoms with Crippen LogP contribution in [0.1, 0.15) is 79.9 Å². The average molecular weight is 863 g/mol. The number of fused-ring (bicyclic) bond motifs is 2. The second-order valence-corrected chi connectivity index (χ2v) is 16.5. The minimum atomic E-state index is -4.67. The summed E-state index contributed by atoms with van der Waals surface area (Å²) in [5.74, 6) is 5.05. The van der Waals surface area contributed by atoms with Gasteiger partial charge in [0.2, 0.25) is 17.7 Å². The third kappa shape index (κ3) is 9.21. The molecule has 3 aliphatic heterocycles. The number of imide groups is 1. The molecule has 1 unspecified atom stereocenters. The fourth-order valence-corrected chi connectivity index (χ4v) is 8.89. The Morgan fingerprint density at radius 2 is 1.81 bits per heavy atom. The van der Waals surface area contributed by atoms with Crippen LogP contribution in [0.4, 0.5) is 18.9 Å². The van der Waals surface area contributed by atoms with Crippen LogP contribution in [0.2, 0.25) is 0 Å². The maximum absolute atomic E-state index is 14.4. The molecule has 5 amide bonds. The van der Waals surface area contributed by atoms with Gasteiger partial charge < -0.3 is 15.1 Å². The molecular formula is C45H41F3N8O5S. The van der Waals surface area contributed by atoms with E-state index in [2.05, 4.69) is 32.6 Å². The highest BCUT2D eigenvalue weighted by molar-refractivity contribution is 7.99. The largest absolute Gasteiger partial charge is 0.416 e. The van der Waals surface area contributed by atoms with Crippen molar-refractivity contribution in [3.63, 3.8) is 0 Å². The number of halogens is 3. The number of aryl methyl sites for hydroxylation is 1. The first-order valence-corrected chi connectivity index (χ1v) is 21.1. The first kappa shape index (κ1) is 42.2. The maximum Gasteiger partial charge on any atom is 0.416 e. The maximum atomic E-state index is 14.4. The molecule has 62 heavy (non-hydrogen) atoms. The Hall–Kier alpha value is -6.51. The summed E-state index contributed by atoms with van der Waals surface area (Å²) >= 11 is 1.54. The van der Waals surface area contributed by atoms with Crippen molar-refractivity contribution in [2.75, 3.05) is 37.2 Å². The topological polar surface area (TPSA) is 149 Å². The fraction of sp³-hybridized carbons (Fsp3) is 0.311. The van der Waals surface area contributed by atoms with Crippen LogP contribution in [0.15, 0.2) is 84.0 Å². The van der Waals surface area contributed by atoms with Crippen LogP contribution in [0.5, 0.6) is 0 Å². The van der Waals surface area contributed by atoms with Gasteiger partial charge >= 0.3 is 6.18 Å². The van der Waals surface area contributed by atoms with Crippen LogP contribution in [-0.4, -0.2) is 96.8 Å². The first-order valence-electron chi connectivity index (χ1n) is 20.1. The number of nitrogens with one attached hydrogen (secondary N) is 2. The number of benzene rings is 3. The van der Waals surface area contributed by atoms with Gasteiger partial charge in [0.25, 0.3) is 11.8 Å². The molecule has 0 spiro atoms. The molecule has 13 nitrogen and oxygen atoms in total. The van der Waals surface area contributed by atoms with E-state index in [0.29, 0.717) is 67.2 Å². The molecule has 0 saturated carbocycles. The van der Waals surface area contributed by atoms with Crippen LogP contribution in [-0.2, 0) is 33.6 Å². The van der Waals surface area contributed by atoms with Crippen molar-refractivity contribution < 1.29 is 37.1 Å². The second kappa shape index (κ2) is 17.8. The minimum absolute atomic E-state index is 0.00371. The van der Waals surface area contributed by atoms with Crippen molar-refractivity contribution in [1.29, 1.82) is 0 Å². The van der Waals surface area contributed by atoms with Crippen molar-refractivity contribution >= 4 is 52.6 Å². The zero-order valence-corrected chi connectivity index (χ0v) is 34.4. The molecule has 5 heterocycles. The third-order valence-corrected chi connectivity index (χ3v) is 12.4. The smallest absolute Gasteiger partial charge is 0.340 e. The Morgan fingerprint density at radius 3 is 2.60 bits per heavy atom. The number of imidazole rings is 1. The predicted octanol–water partition coefficient (Wildman–Crippen LogP) is 5.69. The van der Waals surface area contributed by atoms with Crippen LogP contribution >= 0.6 is 11.8 Å². The molecule has 17 heteroatoms. The number of alkyl halides is 3. The Bertz CT molecular complexity index is 2670. The first-order chi connectivity index (χ1) is 29.8. The number of thioether (sulfide) groups is 1. The zero-order valence-electron chi connectivity index (χ0n) is 33.6. The lowest BCUT2D eigenvalue weighted by Crippen LogP contribution is -2.52. The van der Waals surface area contributed by atoms with Crippen molar-refractivity contribution in [2.24, 2.45) is 0 Å². The second-order valence-electron chi connectivity index (χ2n) is 15.3. The van der Waals surface area contributed by atoms with Gasteiger partial charge in [0.05, 0.1) is 11.8 Å². The summed E-state index contributed by atoms with van der Waals surface area (Å²) in [6.07, 6.45) is -0.113. The van der Waals surface area contributed by atoms with E-state index in [1.54, 1.807) is 64.3 Å². The van der Waals surface area contributed by atoms with E-state index in [4.69, 9.17) is 0 Å². The molecular weight excluding hydrogens is 822 g/mol. The van der Waals surface area contributed by atoms with E-state index in [1.165, 1.54) is 28.8 Å². The average Bonchev–Trinajstić information content (AvgIpc) is 3.83. The number of carbonyl (C=O) groups excluding carboxylic acids is 5. The number of amides is 5. The van der Waals surface area contributed by atoms with Gasteiger partial charge in [0, 0.05) is 85.6 Å². The van der Waals surface area contributed by atoms with E-state index in [-0.39, 0.29) is 60.5 Å². The molecule has 318 valence electrons. The van der Waals surface area contributed by atoms with Gasteiger partial charge in [-0.1, -0.05) is 24.1 Å². The van der Waals surface area contributed by atoms with E-state index in [1.807, 2.05) is 17.9 Å². The summed E-state index contributed by atoms with van der Waals surface area (Å²) in [5, 5.41) is 9.18. The summed E-state index contributed by atoms with van der Waals surface area (Å²) in [7, 11) is 0. The molecule has 0 bridgehead atoms. The standard InChI is InChI=1S/C45H41F3N8O5S/c1-28-9-10-30(23-29(28)12-14-33-25-49-39-7-3-17-50-56(33)39)42(59)51-32-13-11-31(36(24-32)45(46,47)48)26-53-18-20-54(21-19-53)41(58)8-4-22-62-38-6-2-5-34-35(38)27-55(44(34)61)37-15-16-40(57)52-43(37)60/h2-3,5-7,9-11,13,17,23-25,37H,4,8,15-16,18-22,26-27H2,1H3,(H,51,59)(H,52,57,60). The monoisotopic (exact) mass is 862 g/mol. The van der Waals surface area contributed by atoms with Gasteiger partial charge in [-0.25, -0.2) is 9.50 Å². The molecule has 2 fully saturated rings. The molecule has 3 aromatic carbocycles. The number of aromatic nitrogens is 3. The summed E-state index contributed by atoms with van der Waals surface area (Å²) in [6.45, 7) is 3.70. The number of piperazine rings is 1. The Morgan fingerprint density at radius 1 is 0.984 bits per heavy atom. The summed E-state index contributed by atoms with van der Waals surface area (Å²) in [6, 6.07) is 17.0. The van der Waals surface area contributed by atoms with Crippen LogP contribution in [0, 0.1) is 18.8 Å². The number of hydrogen-bond acceptors (Lipinski definition) is 9. The van der Waals surface area contributed by atoms with Gasteiger partial charge in [-0.2, -0.15) is 18.3 Å². The Kier molecular flexibility index (Phi) is 12.1. The number of anilines is 1. The van der Waals surface area contributed by atoms with Gasteiger partial charge in [0.1, 0.15) is 11.7 Å². The SMILES string of the molecule is Cc1ccc(C(=O)Nc2ccc(CN3CCN(C(=O)CCCSc4cccc5c4CN(C4CCC(=O)NC4=O)C5=O)CC3)c(C(F)(F)F)c2)cc1C#Cc1cnc2cccnn12. The van der Waals surface area contributed by atoms with Gasteiger partial charge in [-0.3, -0.25) is 34.2 Å². The van der Waals surface area contributed by atoms with Crippen molar-refractivity contribution in [2.45, 2.75) is 62.8 Å². The highest BCUT2D eigenvalue weighted by Gasteiger charge is 2.40. The zero-order chi connectivity index (χ0) is 43.5. The molecule has 1 atom stereocenters. The van der Waals surface area contributed by atoms with Crippen molar-refractivity contribution in [3.05, 3.63) is 124 Å². The number of hydrogen-bond donors (Lipinski definition) is 2. The van der Waals surface area contributed by atoms with Crippen molar-refractivity contribution in [3.8, 4) is 11.8 Å². The molecule has 2 saturated heterocycles. The highest BCUT2D eigenvalue weighted by atomic mass is 32.2. The van der Waals surface area contributed by atoms with Crippen LogP contribution < -0.4 is 10.6 Å². The number of rotatable bonds is 10. The third-order valence-electron chi connectivity index (χ3n) is 11.2. The van der Waals surface area contributed by atoms with E-state index >= 15 is 0 Å². The normalized spacial score (nSPS) is 16.8. The van der Waals surface area contributed by atoms with Gasteiger partial charge in [-0.15, -0.1) is 11.8 Å². The molecule has 5 aromatic rings. The van der Waals surface area contributed by atoms with Crippen LogP contribution in [0.3, 0.4) is 0 Å².